The van der Waals surface area contributed by atoms with Gasteiger partial charge in [-0.3, -0.25) is 9.59 Å². The number of benzene rings is 2. The van der Waals surface area contributed by atoms with Crippen LogP contribution in [0.15, 0.2) is 72.8 Å². The predicted molar refractivity (Wildman–Crippen MR) is 106 cm³/mol. The van der Waals surface area contributed by atoms with Crippen LogP contribution in [0.2, 0.25) is 0 Å². The third-order valence-electron chi connectivity index (χ3n) is 4.89. The fraction of sp³-hybridized carbons (Fsp3) is 0.333. The van der Waals surface area contributed by atoms with Crippen LogP contribution in [0, 0.1) is 0 Å². The molecule has 0 aromatic heterocycles. The molecule has 27 heavy (non-hydrogen) atoms. The number of hydrogen-bond acceptors (Lipinski definition) is 3. The zero-order valence-corrected chi connectivity index (χ0v) is 15.6. The first-order chi connectivity index (χ1) is 13.2. The van der Waals surface area contributed by atoms with Gasteiger partial charge in [-0.15, -0.1) is 0 Å². The number of rotatable bonds is 6. The van der Waals surface area contributed by atoms with Crippen molar-refractivity contribution in [3.63, 3.8) is 0 Å². The van der Waals surface area contributed by atoms with Crippen molar-refractivity contribution < 1.29 is 14.3 Å². The second-order valence-electron chi connectivity index (χ2n) is 7.01. The van der Waals surface area contributed by atoms with Gasteiger partial charge in [-0.1, -0.05) is 73.2 Å². The Bertz CT molecular complexity index is 765. The molecule has 2 unspecified atom stereocenters. The number of Topliss-reactive ketones (excluding diaryl/α,β-unsaturated/α-hetero) is 1. The minimum atomic E-state index is -0.884. The summed E-state index contributed by atoms with van der Waals surface area (Å²) in [7, 11) is 0. The molecule has 0 bridgehead atoms. The molecule has 0 amide bonds. The van der Waals surface area contributed by atoms with Gasteiger partial charge in [-0.25, -0.2) is 0 Å². The van der Waals surface area contributed by atoms with Gasteiger partial charge in [0, 0.05) is 6.42 Å². The van der Waals surface area contributed by atoms with Crippen LogP contribution in [-0.4, -0.2) is 17.9 Å². The predicted octanol–water partition coefficient (Wildman–Crippen LogP) is 5.01. The van der Waals surface area contributed by atoms with E-state index in [-0.39, 0.29) is 18.3 Å². The summed E-state index contributed by atoms with van der Waals surface area (Å²) in [5.41, 5.74) is 1.60. The lowest BCUT2D eigenvalue weighted by Crippen LogP contribution is -2.29. The standard InChI is InChI=1S/C24H26O3/c25-22(18-19-12-6-4-7-13-19)23(20-14-8-5-9-15-20)24(26)27-21-16-10-2-1-3-11-17-21/h4-10,12-16,21,23H,1-3,11,17-18H2. The Morgan fingerprint density at radius 3 is 2.37 bits per heavy atom. The first-order valence-corrected chi connectivity index (χ1v) is 9.73. The number of ketones is 1. The van der Waals surface area contributed by atoms with Crippen LogP contribution in [0.5, 0.6) is 0 Å². The topological polar surface area (TPSA) is 43.4 Å². The Labute approximate surface area is 161 Å². The highest BCUT2D eigenvalue weighted by molar-refractivity contribution is 6.05. The molecule has 3 heteroatoms. The van der Waals surface area contributed by atoms with E-state index in [0.717, 1.165) is 31.2 Å². The number of hydrogen-bond donors (Lipinski definition) is 0. The molecule has 2 atom stereocenters. The van der Waals surface area contributed by atoms with E-state index in [0.29, 0.717) is 5.56 Å². The van der Waals surface area contributed by atoms with Gasteiger partial charge in [-0.2, -0.15) is 0 Å². The van der Waals surface area contributed by atoms with E-state index >= 15 is 0 Å². The molecule has 2 aromatic rings. The van der Waals surface area contributed by atoms with Crippen molar-refractivity contribution >= 4 is 11.8 Å². The van der Waals surface area contributed by atoms with E-state index in [1.54, 1.807) is 0 Å². The van der Waals surface area contributed by atoms with Gasteiger partial charge in [0.05, 0.1) is 0 Å². The van der Waals surface area contributed by atoms with Gasteiger partial charge in [-0.05, 0) is 42.9 Å². The maximum Gasteiger partial charge on any atom is 0.321 e. The summed E-state index contributed by atoms with van der Waals surface area (Å²) in [5.74, 6) is -1.46. The average Bonchev–Trinajstić information content (AvgIpc) is 2.66. The quantitative estimate of drug-likeness (QED) is 0.412. The van der Waals surface area contributed by atoms with Gasteiger partial charge in [0.2, 0.25) is 0 Å². The van der Waals surface area contributed by atoms with Gasteiger partial charge in [0.15, 0.2) is 5.78 Å². The van der Waals surface area contributed by atoms with Crippen molar-refractivity contribution in [1.82, 2.24) is 0 Å². The molecule has 1 aliphatic rings. The third kappa shape index (κ3) is 5.65. The molecule has 2 aromatic carbocycles. The van der Waals surface area contributed by atoms with Crippen molar-refractivity contribution in [3.8, 4) is 0 Å². The Morgan fingerprint density at radius 2 is 1.63 bits per heavy atom. The molecule has 0 radical (unpaired) electrons. The van der Waals surface area contributed by atoms with E-state index in [2.05, 4.69) is 6.08 Å². The van der Waals surface area contributed by atoms with Gasteiger partial charge in [0.25, 0.3) is 0 Å². The van der Waals surface area contributed by atoms with Crippen LogP contribution < -0.4 is 0 Å². The third-order valence-corrected chi connectivity index (χ3v) is 4.89. The normalized spacial score (nSPS) is 18.1. The Morgan fingerprint density at radius 1 is 0.926 bits per heavy atom. The van der Waals surface area contributed by atoms with E-state index in [1.165, 1.54) is 6.42 Å². The zero-order chi connectivity index (χ0) is 18.9. The number of carbonyl (C=O) groups is 2. The summed E-state index contributed by atoms with van der Waals surface area (Å²) in [4.78, 5) is 26.0. The lowest BCUT2D eigenvalue weighted by Gasteiger charge is -2.21. The maximum atomic E-state index is 13.0. The lowest BCUT2D eigenvalue weighted by atomic mass is 9.91. The molecule has 3 rings (SSSR count). The highest BCUT2D eigenvalue weighted by Crippen LogP contribution is 2.23. The Hall–Kier alpha value is -2.68. The van der Waals surface area contributed by atoms with Crippen molar-refractivity contribution in [2.24, 2.45) is 0 Å². The molecular weight excluding hydrogens is 336 g/mol. The first kappa shape index (κ1) is 19.1. The van der Waals surface area contributed by atoms with Crippen molar-refractivity contribution in [2.45, 2.75) is 50.5 Å². The molecule has 140 valence electrons. The summed E-state index contributed by atoms with van der Waals surface area (Å²) < 4.78 is 5.76. The molecule has 0 saturated heterocycles. The molecular formula is C24H26O3. The second kappa shape index (κ2) is 9.86. The minimum Gasteiger partial charge on any atom is -0.457 e. The summed E-state index contributed by atoms with van der Waals surface area (Å²) in [6.07, 6.45) is 9.23. The molecule has 0 spiro atoms. The largest absolute Gasteiger partial charge is 0.457 e. The van der Waals surface area contributed by atoms with Gasteiger partial charge >= 0.3 is 5.97 Å². The van der Waals surface area contributed by atoms with E-state index < -0.39 is 11.9 Å². The number of allylic oxidation sites excluding steroid dienone is 1. The van der Waals surface area contributed by atoms with Gasteiger partial charge < -0.3 is 4.74 Å². The second-order valence-corrected chi connectivity index (χ2v) is 7.01. The van der Waals surface area contributed by atoms with E-state index in [4.69, 9.17) is 4.74 Å². The summed E-state index contributed by atoms with van der Waals surface area (Å²) in [6.45, 7) is 0. The zero-order valence-electron chi connectivity index (χ0n) is 15.6. The van der Waals surface area contributed by atoms with Crippen LogP contribution in [0.25, 0.3) is 0 Å². The molecule has 0 N–H and O–H groups in total. The summed E-state index contributed by atoms with van der Waals surface area (Å²) >= 11 is 0. The molecule has 0 saturated carbocycles. The SMILES string of the molecule is O=C(Cc1ccccc1)C(C(=O)OC1C=CCCCCC1)c1ccccc1. The molecule has 0 heterocycles. The first-order valence-electron chi connectivity index (χ1n) is 9.73. The van der Waals surface area contributed by atoms with Crippen LogP contribution in [0.1, 0.15) is 49.1 Å². The molecule has 0 fully saturated rings. The fourth-order valence-corrected chi connectivity index (χ4v) is 3.44. The Balaban J connectivity index is 1.77. The highest BCUT2D eigenvalue weighted by atomic mass is 16.5. The van der Waals surface area contributed by atoms with Crippen LogP contribution in [0.4, 0.5) is 0 Å². The van der Waals surface area contributed by atoms with Crippen molar-refractivity contribution in [1.29, 1.82) is 0 Å². The van der Waals surface area contributed by atoms with Gasteiger partial charge in [0.1, 0.15) is 12.0 Å². The van der Waals surface area contributed by atoms with Crippen LogP contribution >= 0.6 is 0 Å². The average molecular weight is 362 g/mol. The monoisotopic (exact) mass is 362 g/mol. The summed E-state index contributed by atoms with van der Waals surface area (Å²) in [5, 5.41) is 0. The van der Waals surface area contributed by atoms with Crippen molar-refractivity contribution in [3.05, 3.63) is 83.9 Å². The number of esters is 1. The molecule has 1 aliphatic carbocycles. The number of ether oxygens (including phenoxy) is 1. The number of carbonyl (C=O) groups excluding carboxylic acids is 2. The molecule has 0 aliphatic heterocycles. The fourth-order valence-electron chi connectivity index (χ4n) is 3.44. The Kier molecular flexibility index (Phi) is 6.97. The minimum absolute atomic E-state index is 0.132. The van der Waals surface area contributed by atoms with Crippen LogP contribution in [0.3, 0.4) is 0 Å². The van der Waals surface area contributed by atoms with Crippen molar-refractivity contribution in [2.75, 3.05) is 0 Å². The smallest absolute Gasteiger partial charge is 0.321 e. The molecule has 3 nitrogen and oxygen atoms in total. The van der Waals surface area contributed by atoms with E-state index in [9.17, 15) is 9.59 Å². The highest BCUT2D eigenvalue weighted by Gasteiger charge is 2.31. The maximum absolute atomic E-state index is 13.0. The van der Waals surface area contributed by atoms with Crippen LogP contribution in [-0.2, 0) is 20.7 Å². The summed E-state index contributed by atoms with van der Waals surface area (Å²) in [6, 6.07) is 18.7. The van der Waals surface area contributed by atoms with E-state index in [1.807, 2.05) is 66.7 Å². The lowest BCUT2D eigenvalue weighted by molar-refractivity contribution is -0.151.